The van der Waals surface area contributed by atoms with Crippen LogP contribution >= 0.6 is 0 Å². The number of hydrogen-bond donors (Lipinski definition) is 1. The van der Waals surface area contributed by atoms with E-state index in [1.807, 2.05) is 45.0 Å². The predicted octanol–water partition coefficient (Wildman–Crippen LogP) is 3.08. The highest BCUT2D eigenvalue weighted by molar-refractivity contribution is 5.72. The SMILES string of the molecule is CCC(NCC(=O)OC(C)(C)C)c1ccccc1OC. The summed E-state index contributed by atoms with van der Waals surface area (Å²) in [5.74, 6) is 0.585. The number of carbonyl (C=O) groups is 1. The molecule has 1 N–H and O–H groups in total. The molecule has 0 aliphatic carbocycles. The summed E-state index contributed by atoms with van der Waals surface area (Å²) in [6, 6.07) is 7.90. The van der Waals surface area contributed by atoms with Gasteiger partial charge in [0.25, 0.3) is 0 Å². The first-order valence-electron chi connectivity index (χ1n) is 6.95. The predicted molar refractivity (Wildman–Crippen MR) is 79.9 cm³/mol. The van der Waals surface area contributed by atoms with Crippen LogP contribution in [0, 0.1) is 0 Å². The number of rotatable bonds is 6. The zero-order valence-electron chi connectivity index (χ0n) is 13.0. The topological polar surface area (TPSA) is 47.6 Å². The third-order valence-corrected chi connectivity index (χ3v) is 2.84. The van der Waals surface area contributed by atoms with Crippen molar-refractivity contribution in [3.05, 3.63) is 29.8 Å². The van der Waals surface area contributed by atoms with Crippen LogP contribution in [-0.2, 0) is 9.53 Å². The zero-order chi connectivity index (χ0) is 15.2. The minimum atomic E-state index is -0.453. The minimum absolute atomic E-state index is 0.0682. The van der Waals surface area contributed by atoms with Crippen molar-refractivity contribution < 1.29 is 14.3 Å². The lowest BCUT2D eigenvalue weighted by Crippen LogP contribution is -2.33. The Kier molecular flexibility index (Phi) is 6.02. The molecule has 4 heteroatoms. The van der Waals surface area contributed by atoms with Crippen LogP contribution in [0.25, 0.3) is 0 Å². The Balaban J connectivity index is 2.66. The third-order valence-electron chi connectivity index (χ3n) is 2.84. The number of benzene rings is 1. The van der Waals surface area contributed by atoms with Crippen LogP contribution in [0.15, 0.2) is 24.3 Å². The van der Waals surface area contributed by atoms with Gasteiger partial charge in [-0.25, -0.2) is 0 Å². The molecule has 0 saturated heterocycles. The fourth-order valence-electron chi connectivity index (χ4n) is 2.01. The van der Waals surface area contributed by atoms with Crippen molar-refractivity contribution in [2.24, 2.45) is 0 Å². The molecule has 0 radical (unpaired) electrons. The van der Waals surface area contributed by atoms with Gasteiger partial charge in [-0.15, -0.1) is 0 Å². The van der Waals surface area contributed by atoms with Crippen LogP contribution in [-0.4, -0.2) is 25.2 Å². The van der Waals surface area contributed by atoms with Crippen molar-refractivity contribution in [2.45, 2.75) is 45.8 Å². The zero-order valence-corrected chi connectivity index (χ0v) is 13.0. The van der Waals surface area contributed by atoms with Gasteiger partial charge in [0.1, 0.15) is 11.4 Å². The Morgan fingerprint density at radius 3 is 2.50 bits per heavy atom. The molecule has 1 unspecified atom stereocenters. The largest absolute Gasteiger partial charge is 0.496 e. The molecule has 0 aliphatic rings. The van der Waals surface area contributed by atoms with Crippen molar-refractivity contribution in [1.29, 1.82) is 0 Å². The second kappa shape index (κ2) is 7.29. The summed E-state index contributed by atoms with van der Waals surface area (Å²) < 4.78 is 10.7. The minimum Gasteiger partial charge on any atom is -0.496 e. The van der Waals surface area contributed by atoms with E-state index in [0.29, 0.717) is 0 Å². The summed E-state index contributed by atoms with van der Waals surface area (Å²) in [6.45, 7) is 7.85. The summed E-state index contributed by atoms with van der Waals surface area (Å²) in [5.41, 5.74) is 0.603. The number of esters is 1. The average molecular weight is 279 g/mol. The number of nitrogens with one attached hydrogen (secondary N) is 1. The summed E-state index contributed by atoms with van der Waals surface area (Å²) in [6.07, 6.45) is 0.864. The molecule has 4 nitrogen and oxygen atoms in total. The van der Waals surface area contributed by atoms with Crippen LogP contribution in [0.4, 0.5) is 0 Å². The van der Waals surface area contributed by atoms with E-state index in [-0.39, 0.29) is 18.6 Å². The van der Waals surface area contributed by atoms with E-state index in [0.717, 1.165) is 17.7 Å². The highest BCUT2D eigenvalue weighted by Gasteiger charge is 2.19. The maximum Gasteiger partial charge on any atom is 0.320 e. The molecule has 0 saturated carbocycles. The molecule has 1 atom stereocenters. The number of hydrogen-bond acceptors (Lipinski definition) is 4. The van der Waals surface area contributed by atoms with Gasteiger partial charge >= 0.3 is 5.97 Å². The highest BCUT2D eigenvalue weighted by Crippen LogP contribution is 2.26. The molecule has 112 valence electrons. The first kappa shape index (κ1) is 16.5. The molecule has 1 aromatic rings. The molecular weight excluding hydrogens is 254 g/mol. The van der Waals surface area contributed by atoms with Crippen LogP contribution in [0.3, 0.4) is 0 Å². The van der Waals surface area contributed by atoms with Gasteiger partial charge in [0.2, 0.25) is 0 Å². The van der Waals surface area contributed by atoms with Gasteiger partial charge in [0.05, 0.1) is 13.7 Å². The van der Waals surface area contributed by atoms with Gasteiger partial charge in [-0.2, -0.15) is 0 Å². The van der Waals surface area contributed by atoms with Crippen LogP contribution < -0.4 is 10.1 Å². The average Bonchev–Trinajstić information content (AvgIpc) is 2.38. The molecule has 1 aromatic carbocycles. The van der Waals surface area contributed by atoms with Crippen LogP contribution in [0.1, 0.15) is 45.7 Å². The fraction of sp³-hybridized carbons (Fsp3) is 0.562. The molecule has 0 aliphatic heterocycles. The molecule has 0 heterocycles. The van der Waals surface area contributed by atoms with Gasteiger partial charge in [-0.1, -0.05) is 25.1 Å². The molecule has 1 rings (SSSR count). The van der Waals surface area contributed by atoms with Gasteiger partial charge < -0.3 is 9.47 Å². The lowest BCUT2D eigenvalue weighted by molar-refractivity contribution is -0.153. The number of para-hydroxylation sites is 1. The fourth-order valence-corrected chi connectivity index (χ4v) is 2.01. The molecule has 0 bridgehead atoms. The Morgan fingerprint density at radius 2 is 1.95 bits per heavy atom. The Morgan fingerprint density at radius 1 is 1.30 bits per heavy atom. The van der Waals surface area contributed by atoms with Crippen molar-refractivity contribution >= 4 is 5.97 Å². The normalized spacial score (nSPS) is 12.8. The van der Waals surface area contributed by atoms with Gasteiger partial charge in [-0.05, 0) is 33.3 Å². The maximum absolute atomic E-state index is 11.7. The lowest BCUT2D eigenvalue weighted by atomic mass is 10.0. The second-order valence-electron chi connectivity index (χ2n) is 5.67. The number of methoxy groups -OCH3 is 1. The standard InChI is InChI=1S/C16H25NO3/c1-6-13(12-9-7-8-10-14(12)19-5)17-11-15(18)20-16(2,3)4/h7-10,13,17H,6,11H2,1-5H3. The van der Waals surface area contributed by atoms with Gasteiger partial charge in [0.15, 0.2) is 0 Å². The first-order valence-corrected chi connectivity index (χ1v) is 6.95. The van der Waals surface area contributed by atoms with E-state index in [1.165, 1.54) is 0 Å². The van der Waals surface area contributed by atoms with Crippen LogP contribution in [0.2, 0.25) is 0 Å². The Bertz CT molecular complexity index is 438. The van der Waals surface area contributed by atoms with E-state index < -0.39 is 5.60 Å². The summed E-state index contributed by atoms with van der Waals surface area (Å²) >= 11 is 0. The maximum atomic E-state index is 11.7. The van der Waals surface area contributed by atoms with E-state index >= 15 is 0 Å². The molecule has 0 fully saturated rings. The number of carbonyl (C=O) groups excluding carboxylic acids is 1. The Hall–Kier alpha value is -1.55. The third kappa shape index (κ3) is 5.21. The van der Waals surface area contributed by atoms with Crippen molar-refractivity contribution in [3.8, 4) is 5.75 Å². The van der Waals surface area contributed by atoms with Crippen molar-refractivity contribution in [3.63, 3.8) is 0 Å². The van der Waals surface area contributed by atoms with E-state index in [1.54, 1.807) is 7.11 Å². The molecule has 20 heavy (non-hydrogen) atoms. The second-order valence-corrected chi connectivity index (χ2v) is 5.67. The van der Waals surface area contributed by atoms with E-state index in [2.05, 4.69) is 12.2 Å². The van der Waals surface area contributed by atoms with E-state index in [9.17, 15) is 4.79 Å². The van der Waals surface area contributed by atoms with Gasteiger partial charge in [-0.3, -0.25) is 10.1 Å². The van der Waals surface area contributed by atoms with Gasteiger partial charge in [0, 0.05) is 11.6 Å². The summed E-state index contributed by atoms with van der Waals surface area (Å²) in [5, 5.41) is 3.23. The monoisotopic (exact) mass is 279 g/mol. The van der Waals surface area contributed by atoms with Crippen LogP contribution in [0.5, 0.6) is 5.75 Å². The van der Waals surface area contributed by atoms with E-state index in [4.69, 9.17) is 9.47 Å². The molecule has 0 spiro atoms. The smallest absolute Gasteiger partial charge is 0.320 e. The molecule has 0 aromatic heterocycles. The van der Waals surface area contributed by atoms with Crippen molar-refractivity contribution in [2.75, 3.05) is 13.7 Å². The highest BCUT2D eigenvalue weighted by atomic mass is 16.6. The first-order chi connectivity index (χ1) is 9.37. The summed E-state index contributed by atoms with van der Waals surface area (Å²) in [4.78, 5) is 11.7. The Labute approximate surface area is 121 Å². The lowest BCUT2D eigenvalue weighted by Gasteiger charge is -2.22. The molecular formula is C16H25NO3. The molecule has 0 amide bonds. The quantitative estimate of drug-likeness (QED) is 0.813. The van der Waals surface area contributed by atoms with Crippen molar-refractivity contribution in [1.82, 2.24) is 5.32 Å². The number of ether oxygens (including phenoxy) is 2. The summed E-state index contributed by atoms with van der Waals surface area (Å²) in [7, 11) is 1.65.